The van der Waals surface area contributed by atoms with E-state index in [1.807, 2.05) is 18.7 Å². The van der Waals surface area contributed by atoms with Crippen LogP contribution in [0.15, 0.2) is 12.3 Å². The minimum absolute atomic E-state index is 0.0266. The van der Waals surface area contributed by atoms with Crippen LogP contribution in [-0.2, 0) is 4.74 Å². The summed E-state index contributed by atoms with van der Waals surface area (Å²) in [5.41, 5.74) is 0.821. The largest absolute Gasteiger partial charge is 0.381 e. The molecule has 1 aliphatic rings. The molecule has 0 saturated carbocycles. The second-order valence-electron chi connectivity index (χ2n) is 4.97. The van der Waals surface area contributed by atoms with Crippen molar-refractivity contribution in [3.05, 3.63) is 27.9 Å². The Labute approximate surface area is 122 Å². The van der Waals surface area contributed by atoms with Gasteiger partial charge in [0.25, 0.3) is 5.69 Å². The molecule has 0 aromatic carbocycles. The van der Waals surface area contributed by atoms with Gasteiger partial charge in [-0.05, 0) is 31.6 Å². The molecular weight excluding hydrogens is 278 g/mol. The zero-order chi connectivity index (χ0) is 14.6. The standard InChI is InChI=1S/C13H19N3O3S/c1-10-7-11(16(17)18)8-14-12(10)15-9-13(20-2)3-5-19-6-4-13/h7-8H,3-6,9H2,1-2H3,(H,14,15). The summed E-state index contributed by atoms with van der Waals surface area (Å²) in [6, 6.07) is 1.55. The Morgan fingerprint density at radius 1 is 1.55 bits per heavy atom. The van der Waals surface area contributed by atoms with Gasteiger partial charge in [0.1, 0.15) is 12.0 Å². The van der Waals surface area contributed by atoms with Crippen LogP contribution in [0.1, 0.15) is 18.4 Å². The van der Waals surface area contributed by atoms with Crippen LogP contribution in [0.3, 0.4) is 0 Å². The third kappa shape index (κ3) is 3.40. The molecule has 110 valence electrons. The van der Waals surface area contributed by atoms with Crippen LogP contribution in [0.4, 0.5) is 11.5 Å². The predicted octanol–water partition coefficient (Wildman–Crippen LogP) is 2.62. The first kappa shape index (κ1) is 15.1. The van der Waals surface area contributed by atoms with Crippen LogP contribution in [0.25, 0.3) is 0 Å². The zero-order valence-electron chi connectivity index (χ0n) is 11.7. The molecule has 0 aliphatic carbocycles. The Morgan fingerprint density at radius 2 is 2.25 bits per heavy atom. The van der Waals surface area contributed by atoms with E-state index in [0.717, 1.165) is 44.0 Å². The number of anilines is 1. The SMILES string of the molecule is CSC1(CNc2ncc([N+](=O)[O-])cc2C)CCOCC1. The first-order valence-electron chi connectivity index (χ1n) is 6.54. The lowest BCUT2D eigenvalue weighted by atomic mass is 9.99. The molecule has 1 N–H and O–H groups in total. The molecule has 2 heterocycles. The molecule has 20 heavy (non-hydrogen) atoms. The van der Waals surface area contributed by atoms with Crippen LogP contribution < -0.4 is 5.32 Å². The van der Waals surface area contributed by atoms with E-state index in [9.17, 15) is 10.1 Å². The van der Waals surface area contributed by atoms with Gasteiger partial charge in [0, 0.05) is 30.6 Å². The average Bonchev–Trinajstić information content (AvgIpc) is 2.47. The van der Waals surface area contributed by atoms with Crippen molar-refractivity contribution in [3.8, 4) is 0 Å². The fourth-order valence-corrected chi connectivity index (χ4v) is 3.08. The molecular formula is C13H19N3O3S. The molecule has 2 rings (SSSR count). The summed E-state index contributed by atoms with van der Waals surface area (Å²) in [7, 11) is 0. The topological polar surface area (TPSA) is 77.3 Å². The van der Waals surface area contributed by atoms with Crippen molar-refractivity contribution < 1.29 is 9.66 Å². The highest BCUT2D eigenvalue weighted by Crippen LogP contribution is 2.34. The van der Waals surface area contributed by atoms with Crippen LogP contribution in [0, 0.1) is 17.0 Å². The number of nitro groups is 1. The van der Waals surface area contributed by atoms with E-state index in [-0.39, 0.29) is 10.4 Å². The number of thioether (sulfide) groups is 1. The van der Waals surface area contributed by atoms with Gasteiger partial charge in [-0.2, -0.15) is 11.8 Å². The molecule has 0 unspecified atom stereocenters. The van der Waals surface area contributed by atoms with Crippen molar-refractivity contribution in [2.75, 3.05) is 31.3 Å². The minimum Gasteiger partial charge on any atom is -0.381 e. The number of pyridine rings is 1. The number of nitrogens with one attached hydrogen (secondary N) is 1. The molecule has 1 aromatic rings. The smallest absolute Gasteiger partial charge is 0.287 e. The van der Waals surface area contributed by atoms with E-state index in [0.29, 0.717) is 0 Å². The highest BCUT2D eigenvalue weighted by molar-refractivity contribution is 8.00. The molecule has 1 fully saturated rings. The zero-order valence-corrected chi connectivity index (χ0v) is 12.5. The third-order valence-electron chi connectivity index (χ3n) is 3.69. The maximum absolute atomic E-state index is 10.7. The molecule has 7 heteroatoms. The van der Waals surface area contributed by atoms with E-state index < -0.39 is 4.92 Å². The highest BCUT2D eigenvalue weighted by atomic mass is 32.2. The second-order valence-corrected chi connectivity index (χ2v) is 6.24. The fourth-order valence-electron chi connectivity index (χ4n) is 2.29. The van der Waals surface area contributed by atoms with Crippen LogP contribution in [0.5, 0.6) is 0 Å². The lowest BCUT2D eigenvalue weighted by Gasteiger charge is -2.36. The van der Waals surface area contributed by atoms with Gasteiger partial charge >= 0.3 is 0 Å². The molecule has 0 radical (unpaired) electrons. The molecule has 1 saturated heterocycles. The van der Waals surface area contributed by atoms with Gasteiger partial charge in [0.05, 0.1) is 4.92 Å². The number of hydrogen-bond acceptors (Lipinski definition) is 6. The summed E-state index contributed by atoms with van der Waals surface area (Å²) >= 11 is 1.85. The van der Waals surface area contributed by atoms with Crippen molar-refractivity contribution in [2.24, 2.45) is 0 Å². The first-order valence-corrected chi connectivity index (χ1v) is 7.77. The number of rotatable bonds is 5. The van der Waals surface area contributed by atoms with Gasteiger partial charge in [-0.1, -0.05) is 0 Å². The second kappa shape index (κ2) is 6.41. The lowest BCUT2D eigenvalue weighted by molar-refractivity contribution is -0.385. The Kier molecular flexibility index (Phi) is 4.82. The Hall–Kier alpha value is -1.34. The van der Waals surface area contributed by atoms with Crippen molar-refractivity contribution in [1.29, 1.82) is 0 Å². The van der Waals surface area contributed by atoms with Gasteiger partial charge in [-0.25, -0.2) is 4.98 Å². The van der Waals surface area contributed by atoms with Crippen LogP contribution in [0.2, 0.25) is 0 Å². The molecule has 1 aromatic heterocycles. The minimum atomic E-state index is -0.425. The monoisotopic (exact) mass is 297 g/mol. The Bertz CT molecular complexity index is 490. The number of aryl methyl sites for hydroxylation is 1. The van der Waals surface area contributed by atoms with E-state index in [4.69, 9.17) is 4.74 Å². The quantitative estimate of drug-likeness (QED) is 0.665. The third-order valence-corrected chi connectivity index (χ3v) is 5.11. The molecule has 0 amide bonds. The maximum Gasteiger partial charge on any atom is 0.287 e. The molecule has 1 aliphatic heterocycles. The highest BCUT2D eigenvalue weighted by Gasteiger charge is 2.31. The Balaban J connectivity index is 2.04. The van der Waals surface area contributed by atoms with Crippen molar-refractivity contribution >= 4 is 23.3 Å². The molecule has 6 nitrogen and oxygen atoms in total. The van der Waals surface area contributed by atoms with E-state index in [1.165, 1.54) is 6.20 Å². The van der Waals surface area contributed by atoms with Crippen molar-refractivity contribution in [1.82, 2.24) is 4.98 Å². The van der Waals surface area contributed by atoms with Gasteiger partial charge < -0.3 is 10.1 Å². The number of nitrogens with zero attached hydrogens (tertiary/aromatic N) is 2. The summed E-state index contributed by atoms with van der Waals surface area (Å²) in [5, 5.41) is 14.0. The first-order chi connectivity index (χ1) is 9.56. The van der Waals surface area contributed by atoms with Gasteiger partial charge in [-0.15, -0.1) is 0 Å². The van der Waals surface area contributed by atoms with E-state index >= 15 is 0 Å². The van der Waals surface area contributed by atoms with Crippen molar-refractivity contribution in [3.63, 3.8) is 0 Å². The molecule has 0 atom stereocenters. The summed E-state index contributed by atoms with van der Waals surface area (Å²) in [6.07, 6.45) is 5.43. The fraction of sp³-hybridized carbons (Fsp3) is 0.615. The van der Waals surface area contributed by atoms with E-state index in [2.05, 4.69) is 16.6 Å². The average molecular weight is 297 g/mol. The van der Waals surface area contributed by atoms with Crippen LogP contribution >= 0.6 is 11.8 Å². The maximum atomic E-state index is 10.7. The predicted molar refractivity (Wildman–Crippen MR) is 80.4 cm³/mol. The van der Waals surface area contributed by atoms with Crippen molar-refractivity contribution in [2.45, 2.75) is 24.5 Å². The number of hydrogen-bond donors (Lipinski definition) is 1. The summed E-state index contributed by atoms with van der Waals surface area (Å²) in [6.45, 7) is 4.20. The lowest BCUT2D eigenvalue weighted by Crippen LogP contribution is -2.39. The molecule has 0 bridgehead atoms. The number of aromatic nitrogens is 1. The van der Waals surface area contributed by atoms with Gasteiger partial charge in [0.15, 0.2) is 0 Å². The molecule has 0 spiro atoms. The Morgan fingerprint density at radius 3 is 2.80 bits per heavy atom. The summed E-state index contributed by atoms with van der Waals surface area (Å²) in [4.78, 5) is 14.4. The van der Waals surface area contributed by atoms with Gasteiger partial charge in [0.2, 0.25) is 0 Å². The van der Waals surface area contributed by atoms with Crippen LogP contribution in [-0.4, -0.2) is 40.7 Å². The van der Waals surface area contributed by atoms with E-state index in [1.54, 1.807) is 6.07 Å². The van der Waals surface area contributed by atoms with Gasteiger partial charge in [-0.3, -0.25) is 10.1 Å². The summed E-state index contributed by atoms with van der Waals surface area (Å²) in [5.74, 6) is 0.718. The summed E-state index contributed by atoms with van der Waals surface area (Å²) < 4.78 is 5.57. The number of ether oxygens (including phenoxy) is 1. The normalized spacial score (nSPS) is 17.7.